The monoisotopic (exact) mass is 489 g/mol. The Labute approximate surface area is 192 Å². The quantitative estimate of drug-likeness (QED) is 0.384. The van der Waals surface area contributed by atoms with Crippen molar-refractivity contribution < 1.29 is 31.5 Å². The summed E-state index contributed by atoms with van der Waals surface area (Å²) in [5.41, 5.74) is -1.55. The molecular formula is C23H18F3N3O4S. The number of nitrogens with zero attached hydrogens (tertiary/aromatic N) is 1. The van der Waals surface area contributed by atoms with Crippen LogP contribution in [0.5, 0.6) is 0 Å². The maximum Gasteiger partial charge on any atom is 0.269 e. The molecule has 0 aliphatic carbocycles. The van der Waals surface area contributed by atoms with Crippen molar-refractivity contribution in [2.75, 3.05) is 7.05 Å². The van der Waals surface area contributed by atoms with Gasteiger partial charge >= 0.3 is 0 Å². The Balaban J connectivity index is 1.80. The van der Waals surface area contributed by atoms with E-state index >= 15 is 8.78 Å². The maximum absolute atomic E-state index is 15.4. The van der Waals surface area contributed by atoms with E-state index < -0.39 is 50.1 Å². The molecule has 0 radical (unpaired) electrons. The van der Waals surface area contributed by atoms with E-state index in [1.807, 2.05) is 0 Å². The number of carbonyl (C=O) groups excluding carboxylic acids is 1. The number of aromatic nitrogens is 2. The van der Waals surface area contributed by atoms with Crippen LogP contribution in [0.4, 0.5) is 13.2 Å². The molecule has 0 fully saturated rings. The lowest BCUT2D eigenvalue weighted by Crippen LogP contribution is -2.18. The Kier molecular flexibility index (Phi) is 6.15. The van der Waals surface area contributed by atoms with E-state index in [1.165, 1.54) is 37.4 Å². The number of H-pyrrole nitrogens is 1. The van der Waals surface area contributed by atoms with Crippen LogP contribution in [0.2, 0.25) is 0 Å². The predicted molar refractivity (Wildman–Crippen MR) is 118 cm³/mol. The van der Waals surface area contributed by atoms with Gasteiger partial charge in [-0.25, -0.2) is 21.6 Å². The first kappa shape index (κ1) is 23.5. The molecule has 0 saturated carbocycles. The van der Waals surface area contributed by atoms with Gasteiger partial charge in [0, 0.05) is 23.6 Å². The lowest BCUT2D eigenvalue weighted by molar-refractivity contribution is 0.0959. The minimum atomic E-state index is -4.06. The molecule has 3 N–H and O–H groups in total. The molecule has 11 heteroatoms. The van der Waals surface area contributed by atoms with Gasteiger partial charge in [0.1, 0.15) is 22.8 Å². The SMILES string of the molecule is CNC(=O)c1[nH]nc2c(F)c(-c3c(F)ccc(CS(=O)(=O)c4cccc(CO)c4)c3F)ccc12. The number of benzene rings is 3. The van der Waals surface area contributed by atoms with Crippen LogP contribution in [0.3, 0.4) is 0 Å². The van der Waals surface area contributed by atoms with Crippen molar-refractivity contribution in [1.82, 2.24) is 15.5 Å². The smallest absolute Gasteiger partial charge is 0.269 e. The highest BCUT2D eigenvalue weighted by atomic mass is 32.2. The number of fused-ring (bicyclic) bond motifs is 1. The van der Waals surface area contributed by atoms with Gasteiger partial charge < -0.3 is 10.4 Å². The lowest BCUT2D eigenvalue weighted by Gasteiger charge is -2.12. The van der Waals surface area contributed by atoms with Crippen molar-refractivity contribution in [2.45, 2.75) is 17.3 Å². The van der Waals surface area contributed by atoms with Crippen LogP contribution < -0.4 is 5.32 Å². The third kappa shape index (κ3) is 4.03. The molecule has 176 valence electrons. The number of hydrogen-bond acceptors (Lipinski definition) is 5. The van der Waals surface area contributed by atoms with Crippen molar-refractivity contribution >= 4 is 26.6 Å². The molecular weight excluding hydrogens is 471 g/mol. The predicted octanol–water partition coefficient (Wildman–Crippen LogP) is 3.47. The zero-order valence-electron chi connectivity index (χ0n) is 17.7. The summed E-state index contributed by atoms with van der Waals surface area (Å²) in [6.45, 7) is -0.380. The molecule has 7 nitrogen and oxygen atoms in total. The first-order chi connectivity index (χ1) is 16.2. The second-order valence-electron chi connectivity index (χ2n) is 7.46. The molecule has 1 amide bonds. The zero-order valence-corrected chi connectivity index (χ0v) is 18.5. The highest BCUT2D eigenvalue weighted by Gasteiger charge is 2.25. The fourth-order valence-corrected chi connectivity index (χ4v) is 5.03. The lowest BCUT2D eigenvalue weighted by atomic mass is 9.99. The van der Waals surface area contributed by atoms with Gasteiger partial charge in [-0.15, -0.1) is 0 Å². The molecule has 0 unspecified atom stereocenters. The molecule has 0 bridgehead atoms. The number of hydrogen-bond donors (Lipinski definition) is 3. The van der Waals surface area contributed by atoms with Crippen molar-refractivity contribution in [3.05, 3.63) is 82.8 Å². The van der Waals surface area contributed by atoms with E-state index in [1.54, 1.807) is 0 Å². The van der Waals surface area contributed by atoms with Gasteiger partial charge in [0.25, 0.3) is 5.91 Å². The van der Waals surface area contributed by atoms with E-state index in [0.717, 1.165) is 18.2 Å². The van der Waals surface area contributed by atoms with Gasteiger partial charge in [-0.2, -0.15) is 5.10 Å². The fourth-order valence-electron chi connectivity index (χ4n) is 3.62. The number of aromatic amines is 1. The van der Waals surface area contributed by atoms with Gasteiger partial charge in [-0.05, 0) is 29.8 Å². The van der Waals surface area contributed by atoms with Crippen LogP contribution in [0.15, 0.2) is 53.4 Å². The van der Waals surface area contributed by atoms with Crippen LogP contribution in [0.1, 0.15) is 21.6 Å². The van der Waals surface area contributed by atoms with Crippen LogP contribution in [0.25, 0.3) is 22.0 Å². The van der Waals surface area contributed by atoms with Crippen molar-refractivity contribution in [3.63, 3.8) is 0 Å². The molecule has 0 atom stereocenters. The summed E-state index contributed by atoms with van der Waals surface area (Å²) in [6, 6.07) is 9.76. The topological polar surface area (TPSA) is 112 Å². The molecule has 0 spiro atoms. The number of amides is 1. The number of aliphatic hydroxyl groups is 1. The average Bonchev–Trinajstić information content (AvgIpc) is 3.27. The number of sulfone groups is 1. The van der Waals surface area contributed by atoms with E-state index in [4.69, 9.17) is 0 Å². The highest BCUT2D eigenvalue weighted by molar-refractivity contribution is 7.90. The van der Waals surface area contributed by atoms with E-state index in [2.05, 4.69) is 15.5 Å². The minimum Gasteiger partial charge on any atom is -0.392 e. The van der Waals surface area contributed by atoms with Gasteiger partial charge in [0.2, 0.25) is 0 Å². The van der Waals surface area contributed by atoms with Gasteiger partial charge in [0.05, 0.1) is 22.8 Å². The molecule has 34 heavy (non-hydrogen) atoms. The largest absolute Gasteiger partial charge is 0.392 e. The van der Waals surface area contributed by atoms with Crippen LogP contribution in [-0.2, 0) is 22.2 Å². The summed E-state index contributed by atoms with van der Waals surface area (Å²) < 4.78 is 70.9. The Morgan fingerprint density at radius 2 is 1.85 bits per heavy atom. The molecule has 1 heterocycles. The van der Waals surface area contributed by atoms with E-state index in [-0.39, 0.29) is 33.7 Å². The first-order valence-corrected chi connectivity index (χ1v) is 11.6. The molecule has 0 aliphatic heterocycles. The molecule has 0 aliphatic rings. The van der Waals surface area contributed by atoms with E-state index in [0.29, 0.717) is 5.56 Å². The highest BCUT2D eigenvalue weighted by Crippen LogP contribution is 2.34. The van der Waals surface area contributed by atoms with Gasteiger partial charge in [-0.1, -0.05) is 24.3 Å². The normalized spacial score (nSPS) is 11.7. The molecule has 1 aromatic heterocycles. The van der Waals surface area contributed by atoms with E-state index in [9.17, 15) is 22.7 Å². The minimum absolute atomic E-state index is 0.0196. The number of carbonyl (C=O) groups is 1. The third-order valence-electron chi connectivity index (χ3n) is 5.35. The third-order valence-corrected chi connectivity index (χ3v) is 7.01. The fraction of sp³-hybridized carbons (Fsp3) is 0.130. The summed E-state index contributed by atoms with van der Waals surface area (Å²) >= 11 is 0. The Bertz CT molecular complexity index is 1530. The van der Waals surface area contributed by atoms with Crippen molar-refractivity contribution in [1.29, 1.82) is 0 Å². The Hall–Kier alpha value is -3.70. The Morgan fingerprint density at radius 1 is 1.09 bits per heavy atom. The second-order valence-corrected chi connectivity index (χ2v) is 9.45. The summed E-state index contributed by atoms with van der Waals surface area (Å²) in [6.07, 6.45) is 0. The Morgan fingerprint density at radius 3 is 2.56 bits per heavy atom. The molecule has 4 aromatic rings. The van der Waals surface area contributed by atoms with Crippen LogP contribution >= 0.6 is 0 Å². The van der Waals surface area contributed by atoms with Crippen LogP contribution in [-0.4, -0.2) is 36.7 Å². The summed E-state index contributed by atoms with van der Waals surface area (Å²) in [4.78, 5) is 11.8. The molecule has 4 rings (SSSR count). The second kappa shape index (κ2) is 8.92. The van der Waals surface area contributed by atoms with Gasteiger partial charge in [0.15, 0.2) is 15.7 Å². The van der Waals surface area contributed by atoms with Crippen molar-refractivity contribution in [3.8, 4) is 11.1 Å². The van der Waals surface area contributed by atoms with Crippen LogP contribution in [0, 0.1) is 17.5 Å². The summed E-state index contributed by atoms with van der Waals surface area (Å²) in [7, 11) is -2.68. The average molecular weight is 489 g/mol. The number of rotatable bonds is 6. The number of halogens is 3. The number of nitrogens with one attached hydrogen (secondary N) is 2. The standard InChI is InChI=1S/C23H18F3N3O4S/c1-27-23(31)22-16-7-6-15(20(26)21(16)28-29-22)18-17(24)8-5-13(19(18)25)11-34(32,33)14-4-2-3-12(9-14)10-30/h2-9,30H,10-11H2,1H3,(H,27,31)(H,28,29). The maximum atomic E-state index is 15.4. The number of aliphatic hydroxyl groups excluding tert-OH is 1. The summed E-state index contributed by atoms with van der Waals surface area (Å²) in [5.74, 6) is -4.76. The van der Waals surface area contributed by atoms with Gasteiger partial charge in [-0.3, -0.25) is 9.89 Å². The zero-order chi connectivity index (χ0) is 24.6. The van der Waals surface area contributed by atoms with Crippen molar-refractivity contribution in [2.24, 2.45) is 0 Å². The summed E-state index contributed by atoms with van der Waals surface area (Å²) in [5, 5.41) is 17.9. The molecule has 3 aromatic carbocycles. The first-order valence-electron chi connectivity index (χ1n) is 9.96. The molecule has 0 saturated heterocycles.